The summed E-state index contributed by atoms with van der Waals surface area (Å²) in [4.78, 5) is 29.5. The number of carbonyl (C=O) groups excluding carboxylic acids is 2. The number of nitrogens with zero attached hydrogens (tertiary/aromatic N) is 3. The van der Waals surface area contributed by atoms with E-state index in [9.17, 15) is 37.4 Å². The Morgan fingerprint density at radius 1 is 1.19 bits per heavy atom. The highest BCUT2D eigenvalue weighted by atomic mass is 19.4. The van der Waals surface area contributed by atoms with Crippen LogP contribution in [0.3, 0.4) is 0 Å². The van der Waals surface area contributed by atoms with Crippen molar-refractivity contribution in [2.45, 2.75) is 43.0 Å². The number of rotatable bonds is 7. The summed E-state index contributed by atoms with van der Waals surface area (Å²) >= 11 is 0. The topological polar surface area (TPSA) is 153 Å². The number of fused-ring (bicyclic) bond motifs is 2. The summed E-state index contributed by atoms with van der Waals surface area (Å²) in [6, 6.07) is 8.16. The van der Waals surface area contributed by atoms with E-state index in [1.54, 1.807) is 10.9 Å². The van der Waals surface area contributed by atoms with Gasteiger partial charge in [-0.05, 0) is 62.2 Å². The number of pyridine rings is 1. The van der Waals surface area contributed by atoms with Crippen LogP contribution in [0.1, 0.15) is 47.4 Å². The third-order valence-electron chi connectivity index (χ3n) is 7.92. The Balaban J connectivity index is 1.39. The molecular weight excluding hydrogens is 574 g/mol. The maximum atomic E-state index is 14.6. The van der Waals surface area contributed by atoms with Crippen molar-refractivity contribution in [3.05, 3.63) is 71.3 Å². The smallest absolute Gasteiger partial charge is 0.424 e. The predicted octanol–water partition coefficient (Wildman–Crippen LogP) is 3.59. The van der Waals surface area contributed by atoms with Crippen LogP contribution < -0.4 is 15.8 Å². The van der Waals surface area contributed by atoms with E-state index in [4.69, 9.17) is 10.5 Å². The third-order valence-corrected chi connectivity index (χ3v) is 7.92. The molecule has 1 saturated carbocycles. The summed E-state index contributed by atoms with van der Waals surface area (Å²) in [5.74, 6) is -2.89. The van der Waals surface area contributed by atoms with Crippen LogP contribution in [0.4, 0.5) is 17.6 Å². The molecule has 0 radical (unpaired) electrons. The van der Waals surface area contributed by atoms with E-state index < -0.39 is 47.1 Å². The monoisotopic (exact) mass is 599 g/mol. The van der Waals surface area contributed by atoms with Gasteiger partial charge in [-0.25, -0.2) is 9.37 Å². The Labute approximate surface area is 241 Å². The lowest BCUT2D eigenvalue weighted by atomic mass is 9.81. The van der Waals surface area contributed by atoms with Crippen LogP contribution in [0.5, 0.6) is 11.5 Å². The zero-order valence-electron chi connectivity index (χ0n) is 22.6. The SMILES string of the molecule is C[C@]1(C(N)=O)COc2c1cc(C(O)(CNC(=O)c1cc(O)c3nn(C4CC4)cc3c1)C(F)(F)F)nc2-c1ccc(F)cc1. The molecule has 14 heteroatoms. The van der Waals surface area contributed by atoms with Gasteiger partial charge in [-0.1, -0.05) is 0 Å². The number of aromatic nitrogens is 3. The minimum Gasteiger partial charge on any atom is -0.506 e. The molecule has 1 aliphatic carbocycles. The Bertz CT molecular complexity index is 1790. The van der Waals surface area contributed by atoms with Crippen molar-refractivity contribution in [2.24, 2.45) is 5.73 Å². The number of nitrogens with two attached hydrogens (primary N) is 1. The zero-order valence-corrected chi connectivity index (χ0v) is 22.6. The molecule has 6 rings (SSSR count). The Morgan fingerprint density at radius 3 is 2.51 bits per heavy atom. The second-order valence-corrected chi connectivity index (χ2v) is 11.0. The third kappa shape index (κ3) is 4.71. The second-order valence-electron chi connectivity index (χ2n) is 11.0. The molecule has 10 nitrogen and oxygen atoms in total. The molecule has 1 fully saturated rings. The standard InChI is InChI=1S/C29H25F4N5O5/c1-27(26(34)41)13-43-24-19(27)10-21(36-23(24)14-2-4-17(30)5-3-14)28(42,29(31,32)33)12-35-25(40)15-8-16-11-38(18-6-7-18)37-22(16)20(39)9-15/h2-5,8-11,18,39,42H,6-7,12-13H2,1H3,(H2,34,41)(H,35,40)/t27-,28?/m0/s1. The minimum absolute atomic E-state index is 0.0410. The fourth-order valence-corrected chi connectivity index (χ4v) is 5.04. The van der Waals surface area contributed by atoms with Gasteiger partial charge in [0.1, 0.15) is 40.5 Å². The highest BCUT2D eigenvalue weighted by molar-refractivity contribution is 5.99. The van der Waals surface area contributed by atoms with Crippen molar-refractivity contribution in [3.63, 3.8) is 0 Å². The first-order valence-electron chi connectivity index (χ1n) is 13.2. The first-order chi connectivity index (χ1) is 20.2. The minimum atomic E-state index is -5.37. The number of ether oxygens (including phenoxy) is 1. The number of hydrogen-bond acceptors (Lipinski definition) is 7. The molecule has 3 heterocycles. The van der Waals surface area contributed by atoms with E-state index in [2.05, 4.69) is 15.4 Å². The van der Waals surface area contributed by atoms with Crippen LogP contribution in [-0.4, -0.2) is 56.1 Å². The number of phenolic OH excluding ortho intramolecular Hbond substituents is 1. The summed E-state index contributed by atoms with van der Waals surface area (Å²) < 4.78 is 64.8. The maximum Gasteiger partial charge on any atom is 0.424 e. The molecular formula is C29H25F4N5O5. The van der Waals surface area contributed by atoms with Gasteiger partial charge < -0.3 is 26.0 Å². The van der Waals surface area contributed by atoms with E-state index in [0.717, 1.165) is 37.1 Å². The number of benzene rings is 2. The Kier molecular flexibility index (Phi) is 6.38. The summed E-state index contributed by atoms with van der Waals surface area (Å²) in [6.07, 6.45) is -1.90. The normalized spacial score (nSPS) is 19.5. The number of aromatic hydroxyl groups is 1. The van der Waals surface area contributed by atoms with E-state index in [-0.39, 0.29) is 52.0 Å². The number of halogens is 4. The van der Waals surface area contributed by atoms with Crippen LogP contribution in [0, 0.1) is 5.82 Å². The van der Waals surface area contributed by atoms with Crippen molar-refractivity contribution < 1.29 is 42.1 Å². The van der Waals surface area contributed by atoms with Gasteiger partial charge >= 0.3 is 6.18 Å². The number of aliphatic hydroxyl groups is 1. The molecule has 5 N–H and O–H groups in total. The molecule has 2 aromatic heterocycles. The highest BCUT2D eigenvalue weighted by Gasteiger charge is 2.57. The van der Waals surface area contributed by atoms with Crippen molar-refractivity contribution in [1.29, 1.82) is 0 Å². The molecule has 2 aromatic carbocycles. The average molecular weight is 600 g/mol. The molecule has 4 aromatic rings. The number of hydrogen-bond donors (Lipinski definition) is 4. The highest BCUT2D eigenvalue weighted by Crippen LogP contribution is 2.47. The molecule has 0 spiro atoms. The molecule has 2 amide bonds. The van der Waals surface area contributed by atoms with E-state index >= 15 is 0 Å². The summed E-state index contributed by atoms with van der Waals surface area (Å²) in [5.41, 5.74) is -0.699. The largest absolute Gasteiger partial charge is 0.506 e. The number of amides is 2. The Morgan fingerprint density at radius 2 is 1.88 bits per heavy atom. The van der Waals surface area contributed by atoms with Crippen LogP contribution >= 0.6 is 0 Å². The molecule has 43 heavy (non-hydrogen) atoms. The summed E-state index contributed by atoms with van der Waals surface area (Å²) in [7, 11) is 0. The van der Waals surface area contributed by atoms with Gasteiger partial charge in [-0.2, -0.15) is 18.3 Å². The van der Waals surface area contributed by atoms with Gasteiger partial charge in [0.2, 0.25) is 11.5 Å². The fourth-order valence-electron chi connectivity index (χ4n) is 5.04. The molecule has 0 bridgehead atoms. The van der Waals surface area contributed by atoms with Crippen LogP contribution in [0.15, 0.2) is 48.7 Å². The quantitative estimate of drug-likeness (QED) is 0.237. The van der Waals surface area contributed by atoms with Gasteiger partial charge in [0.05, 0.1) is 18.3 Å². The van der Waals surface area contributed by atoms with Gasteiger partial charge in [-0.15, -0.1) is 0 Å². The molecule has 1 aliphatic heterocycles. The molecule has 1 unspecified atom stereocenters. The lowest BCUT2D eigenvalue weighted by molar-refractivity contribution is -0.265. The Hall–Kier alpha value is -4.72. The number of nitrogens with one attached hydrogen (secondary N) is 1. The first kappa shape index (κ1) is 28.4. The molecule has 2 aliphatic rings. The summed E-state index contributed by atoms with van der Waals surface area (Å²) in [5, 5.41) is 28.4. The zero-order chi connectivity index (χ0) is 30.9. The van der Waals surface area contributed by atoms with Gasteiger partial charge in [0.15, 0.2) is 0 Å². The number of alkyl halides is 3. The van der Waals surface area contributed by atoms with E-state index in [1.165, 1.54) is 25.1 Å². The van der Waals surface area contributed by atoms with Crippen molar-refractivity contribution in [2.75, 3.05) is 13.2 Å². The molecule has 2 atom stereocenters. The van der Waals surface area contributed by atoms with Crippen LogP contribution in [0.25, 0.3) is 22.2 Å². The summed E-state index contributed by atoms with van der Waals surface area (Å²) in [6.45, 7) is -0.304. The second kappa shape index (κ2) is 9.66. The van der Waals surface area contributed by atoms with Crippen molar-refractivity contribution in [1.82, 2.24) is 20.1 Å². The predicted molar refractivity (Wildman–Crippen MR) is 144 cm³/mol. The maximum absolute atomic E-state index is 14.6. The van der Waals surface area contributed by atoms with Gasteiger partial charge in [0, 0.05) is 28.3 Å². The van der Waals surface area contributed by atoms with Crippen LogP contribution in [-0.2, 0) is 15.8 Å². The lowest BCUT2D eigenvalue weighted by Crippen LogP contribution is -2.51. The van der Waals surface area contributed by atoms with Crippen LogP contribution in [0.2, 0.25) is 0 Å². The number of primary amides is 1. The van der Waals surface area contributed by atoms with Crippen molar-refractivity contribution in [3.8, 4) is 22.8 Å². The average Bonchev–Trinajstić information content (AvgIpc) is 3.62. The first-order valence-corrected chi connectivity index (χ1v) is 13.2. The van der Waals surface area contributed by atoms with Crippen molar-refractivity contribution >= 4 is 22.7 Å². The number of carbonyl (C=O) groups is 2. The number of phenols is 1. The molecule has 0 saturated heterocycles. The van der Waals surface area contributed by atoms with E-state index in [1.807, 2.05) is 0 Å². The lowest BCUT2D eigenvalue weighted by Gasteiger charge is -2.31. The fraction of sp³-hybridized carbons (Fsp3) is 0.310. The molecule has 224 valence electrons. The van der Waals surface area contributed by atoms with Gasteiger partial charge in [0.25, 0.3) is 5.91 Å². The van der Waals surface area contributed by atoms with Gasteiger partial charge in [-0.3, -0.25) is 14.3 Å². The van der Waals surface area contributed by atoms with E-state index in [0.29, 0.717) is 5.39 Å².